The van der Waals surface area contributed by atoms with Crippen LogP contribution in [0.25, 0.3) is 0 Å². The molecule has 0 unspecified atom stereocenters. The maximum Gasteiger partial charge on any atom is 0.257 e. The van der Waals surface area contributed by atoms with Crippen LogP contribution in [0.2, 0.25) is 0 Å². The van der Waals surface area contributed by atoms with Crippen LogP contribution < -0.4 is 24.4 Å². The first-order chi connectivity index (χ1) is 16.3. The first-order valence-electron chi connectivity index (χ1n) is 10.7. The Kier molecular flexibility index (Phi) is 6.69. The van der Waals surface area contributed by atoms with E-state index in [0.29, 0.717) is 45.9 Å². The van der Waals surface area contributed by atoms with Gasteiger partial charge in [-0.1, -0.05) is 17.4 Å². The Morgan fingerprint density at radius 3 is 2.35 bits per heavy atom. The number of amides is 2. The van der Waals surface area contributed by atoms with Crippen molar-refractivity contribution in [2.75, 3.05) is 38.1 Å². The van der Waals surface area contributed by atoms with Gasteiger partial charge in [0.2, 0.25) is 16.8 Å². The van der Waals surface area contributed by atoms with Gasteiger partial charge in [-0.2, -0.15) is 0 Å². The van der Waals surface area contributed by atoms with E-state index < -0.39 is 0 Å². The van der Waals surface area contributed by atoms with Gasteiger partial charge in [0.25, 0.3) is 5.91 Å². The lowest BCUT2D eigenvalue weighted by atomic mass is 10.1. The molecule has 2 heterocycles. The number of hydrogen-bond acceptors (Lipinski definition) is 8. The molecule has 2 aromatic carbocycles. The average Bonchev–Trinajstić information content (AvgIpc) is 3.46. The SMILES string of the molecule is COc1cc(C(=O)Nc2nnc([C@H]3CC(=O)N(c4ccc(C)c(C)c4)C3)s2)cc(OC)c1OC. The smallest absolute Gasteiger partial charge is 0.257 e. The van der Waals surface area contributed by atoms with Crippen molar-refractivity contribution < 1.29 is 23.8 Å². The van der Waals surface area contributed by atoms with Crippen molar-refractivity contribution in [1.29, 1.82) is 0 Å². The zero-order chi connectivity index (χ0) is 24.4. The van der Waals surface area contributed by atoms with Crippen molar-refractivity contribution in [3.8, 4) is 17.2 Å². The minimum absolute atomic E-state index is 0.0476. The number of carbonyl (C=O) groups is 2. The molecular weight excluding hydrogens is 456 g/mol. The average molecular weight is 483 g/mol. The number of anilines is 2. The van der Waals surface area contributed by atoms with Crippen LogP contribution in [-0.2, 0) is 4.79 Å². The number of aryl methyl sites for hydroxylation is 2. The zero-order valence-corrected chi connectivity index (χ0v) is 20.5. The Labute approximate surface area is 201 Å². The van der Waals surface area contributed by atoms with Crippen molar-refractivity contribution in [2.24, 2.45) is 0 Å². The van der Waals surface area contributed by atoms with E-state index in [1.807, 2.05) is 32.0 Å². The van der Waals surface area contributed by atoms with Crippen molar-refractivity contribution in [3.05, 3.63) is 52.0 Å². The Morgan fingerprint density at radius 1 is 1.03 bits per heavy atom. The van der Waals surface area contributed by atoms with Gasteiger partial charge in [-0.25, -0.2) is 0 Å². The quantitative estimate of drug-likeness (QED) is 0.544. The van der Waals surface area contributed by atoms with E-state index in [1.165, 1.54) is 38.2 Å². The van der Waals surface area contributed by atoms with Crippen LogP contribution in [0.15, 0.2) is 30.3 Å². The summed E-state index contributed by atoms with van der Waals surface area (Å²) in [7, 11) is 4.47. The lowest BCUT2D eigenvalue weighted by molar-refractivity contribution is -0.117. The number of ether oxygens (including phenoxy) is 3. The third kappa shape index (κ3) is 4.54. The summed E-state index contributed by atoms with van der Waals surface area (Å²) in [5, 5.41) is 12.2. The number of aromatic nitrogens is 2. The topological polar surface area (TPSA) is 103 Å². The predicted molar refractivity (Wildman–Crippen MR) is 130 cm³/mol. The lowest BCUT2D eigenvalue weighted by Crippen LogP contribution is -2.24. The van der Waals surface area contributed by atoms with E-state index >= 15 is 0 Å². The lowest BCUT2D eigenvalue weighted by Gasteiger charge is -2.17. The summed E-state index contributed by atoms with van der Waals surface area (Å²) < 4.78 is 15.9. The molecule has 2 amide bonds. The largest absolute Gasteiger partial charge is 0.493 e. The summed E-state index contributed by atoms with van der Waals surface area (Å²) in [6.07, 6.45) is 0.350. The van der Waals surface area contributed by atoms with Gasteiger partial charge in [-0.15, -0.1) is 10.2 Å². The summed E-state index contributed by atoms with van der Waals surface area (Å²) in [4.78, 5) is 27.3. The van der Waals surface area contributed by atoms with Gasteiger partial charge in [-0.3, -0.25) is 14.9 Å². The monoisotopic (exact) mass is 482 g/mol. The Hall–Kier alpha value is -3.66. The van der Waals surface area contributed by atoms with Gasteiger partial charge in [0, 0.05) is 30.1 Å². The summed E-state index contributed by atoms with van der Waals surface area (Å²) >= 11 is 1.27. The summed E-state index contributed by atoms with van der Waals surface area (Å²) in [5.74, 6) is 0.729. The first kappa shape index (κ1) is 23.5. The molecule has 34 heavy (non-hydrogen) atoms. The summed E-state index contributed by atoms with van der Waals surface area (Å²) in [5.41, 5.74) is 3.53. The van der Waals surface area contributed by atoms with Crippen LogP contribution in [-0.4, -0.2) is 49.9 Å². The third-order valence-corrected chi connectivity index (χ3v) is 6.87. The standard InChI is InChI=1S/C24H26N4O5S/c1-13-6-7-17(8-14(13)2)28-12-16(11-20(28)29)23-26-27-24(34-23)25-22(30)15-9-18(31-3)21(33-5)19(10-15)32-4/h6-10,16H,11-12H2,1-5H3,(H,25,27,30)/t16-/m0/s1. The molecule has 1 aromatic heterocycles. The van der Waals surface area contributed by atoms with Crippen molar-refractivity contribution in [1.82, 2.24) is 10.2 Å². The molecule has 1 aliphatic rings. The predicted octanol–water partition coefficient (Wildman–Crippen LogP) is 3.95. The Balaban J connectivity index is 1.48. The molecule has 1 saturated heterocycles. The van der Waals surface area contributed by atoms with E-state index in [2.05, 4.69) is 15.5 Å². The molecule has 0 spiro atoms. The van der Waals surface area contributed by atoms with E-state index in [9.17, 15) is 9.59 Å². The van der Waals surface area contributed by atoms with Crippen LogP contribution in [0.5, 0.6) is 17.2 Å². The number of nitrogens with zero attached hydrogens (tertiary/aromatic N) is 3. The van der Waals surface area contributed by atoms with Crippen LogP contribution >= 0.6 is 11.3 Å². The second kappa shape index (κ2) is 9.68. The number of nitrogens with one attached hydrogen (secondary N) is 1. The van der Waals surface area contributed by atoms with E-state index in [-0.39, 0.29) is 17.7 Å². The van der Waals surface area contributed by atoms with Gasteiger partial charge < -0.3 is 19.1 Å². The Morgan fingerprint density at radius 2 is 1.74 bits per heavy atom. The van der Waals surface area contributed by atoms with Gasteiger partial charge in [-0.05, 0) is 49.2 Å². The maximum absolute atomic E-state index is 12.8. The Bertz CT molecular complexity index is 1220. The molecule has 1 fully saturated rings. The van der Waals surface area contributed by atoms with Crippen LogP contribution in [0.3, 0.4) is 0 Å². The van der Waals surface area contributed by atoms with Gasteiger partial charge in [0.15, 0.2) is 11.5 Å². The fraction of sp³-hybridized carbons (Fsp3) is 0.333. The van der Waals surface area contributed by atoms with E-state index in [0.717, 1.165) is 11.3 Å². The number of methoxy groups -OCH3 is 3. The highest BCUT2D eigenvalue weighted by Gasteiger charge is 2.34. The number of benzene rings is 2. The zero-order valence-electron chi connectivity index (χ0n) is 19.7. The van der Waals surface area contributed by atoms with Gasteiger partial charge in [0.05, 0.1) is 21.3 Å². The van der Waals surface area contributed by atoms with E-state index in [4.69, 9.17) is 14.2 Å². The highest BCUT2D eigenvalue weighted by atomic mass is 32.1. The highest BCUT2D eigenvalue weighted by Crippen LogP contribution is 2.39. The molecule has 4 rings (SSSR count). The van der Waals surface area contributed by atoms with Gasteiger partial charge in [0.1, 0.15) is 5.01 Å². The first-order valence-corrected chi connectivity index (χ1v) is 11.5. The van der Waals surface area contributed by atoms with Crippen LogP contribution in [0.1, 0.15) is 38.8 Å². The molecule has 0 aliphatic carbocycles. The molecule has 3 aromatic rings. The van der Waals surface area contributed by atoms with Crippen molar-refractivity contribution >= 4 is 34.0 Å². The molecule has 0 bridgehead atoms. The minimum atomic E-state index is -0.388. The molecule has 9 nitrogen and oxygen atoms in total. The maximum atomic E-state index is 12.8. The van der Waals surface area contributed by atoms with Crippen LogP contribution in [0, 0.1) is 13.8 Å². The fourth-order valence-electron chi connectivity index (χ4n) is 3.85. The molecule has 0 saturated carbocycles. The molecule has 1 N–H and O–H groups in total. The second-order valence-electron chi connectivity index (χ2n) is 7.99. The fourth-order valence-corrected chi connectivity index (χ4v) is 4.68. The van der Waals surface area contributed by atoms with E-state index in [1.54, 1.807) is 17.0 Å². The summed E-state index contributed by atoms with van der Waals surface area (Å²) in [6.45, 7) is 4.60. The molecule has 0 radical (unpaired) electrons. The van der Waals surface area contributed by atoms with Crippen LogP contribution in [0.4, 0.5) is 10.8 Å². The second-order valence-corrected chi connectivity index (χ2v) is 9.00. The third-order valence-electron chi connectivity index (χ3n) is 5.86. The minimum Gasteiger partial charge on any atom is -0.493 e. The summed E-state index contributed by atoms with van der Waals surface area (Å²) in [6, 6.07) is 9.14. The molecule has 178 valence electrons. The number of hydrogen-bond donors (Lipinski definition) is 1. The normalized spacial score (nSPS) is 15.4. The highest BCUT2D eigenvalue weighted by molar-refractivity contribution is 7.15. The molecule has 1 atom stereocenters. The molecule has 1 aliphatic heterocycles. The molecular formula is C24H26N4O5S. The molecule has 10 heteroatoms. The van der Waals surface area contributed by atoms with Crippen molar-refractivity contribution in [3.63, 3.8) is 0 Å². The van der Waals surface area contributed by atoms with Crippen molar-refractivity contribution in [2.45, 2.75) is 26.2 Å². The number of rotatable bonds is 7. The van der Waals surface area contributed by atoms with Gasteiger partial charge >= 0.3 is 0 Å². The number of carbonyl (C=O) groups excluding carboxylic acids is 2.